The van der Waals surface area contributed by atoms with Gasteiger partial charge in [-0.25, -0.2) is 5.43 Å². The lowest BCUT2D eigenvalue weighted by Gasteiger charge is -2.05. The molecule has 0 aliphatic rings. The van der Waals surface area contributed by atoms with Gasteiger partial charge in [0.05, 0.1) is 6.21 Å². The third-order valence-electron chi connectivity index (χ3n) is 2.46. The van der Waals surface area contributed by atoms with Crippen molar-refractivity contribution in [2.75, 3.05) is 6.61 Å². The van der Waals surface area contributed by atoms with E-state index in [0.29, 0.717) is 5.75 Å². The molecule has 0 bridgehead atoms. The molecule has 6 heteroatoms. The highest BCUT2D eigenvalue weighted by Gasteiger charge is 2.02. The van der Waals surface area contributed by atoms with Crippen LogP contribution in [0.4, 0.5) is 0 Å². The fraction of sp³-hybridized carbons (Fsp3) is 0.0667. The maximum Gasteiger partial charge on any atom is 0.277 e. The first-order valence-corrected chi connectivity index (χ1v) is 7.97. The summed E-state index contributed by atoms with van der Waals surface area (Å²) in [5, 5.41) is 3.91. The predicted molar refractivity (Wildman–Crippen MR) is 94.5 cm³/mol. The minimum Gasteiger partial charge on any atom is -0.484 e. The third kappa shape index (κ3) is 5.47. The minimum atomic E-state index is -0.308. The molecule has 1 N–H and O–H groups in total. The van der Waals surface area contributed by atoms with E-state index in [-0.39, 0.29) is 12.5 Å². The molecule has 0 aliphatic carbocycles. The zero-order valence-corrected chi connectivity index (χ0v) is 14.7. The van der Waals surface area contributed by atoms with Gasteiger partial charge in [0.1, 0.15) is 5.75 Å². The molecule has 0 saturated heterocycles. The molecule has 21 heavy (non-hydrogen) atoms. The number of ether oxygens (including phenoxy) is 1. The van der Waals surface area contributed by atoms with E-state index in [1.807, 2.05) is 36.4 Å². The van der Waals surface area contributed by atoms with Crippen LogP contribution in [0.3, 0.4) is 0 Å². The molecule has 2 aromatic carbocycles. The summed E-state index contributed by atoms with van der Waals surface area (Å²) in [5.74, 6) is 0.318. The summed E-state index contributed by atoms with van der Waals surface area (Å²) < 4.78 is 7.33. The number of carbonyl (C=O) groups excluding carboxylic acids is 1. The standard InChI is InChI=1S/C15H12BrIN2O2/c16-12-5-3-6-13(8-12)21-10-15(20)19-18-9-11-4-1-2-7-14(11)17/h1-9H,10H2,(H,19,20)/b18-9+. The van der Waals surface area contributed by atoms with Crippen LogP contribution in [0.15, 0.2) is 58.1 Å². The number of nitrogens with one attached hydrogen (secondary N) is 1. The fourth-order valence-corrected chi connectivity index (χ4v) is 2.40. The van der Waals surface area contributed by atoms with E-state index in [1.165, 1.54) is 0 Å². The first kappa shape index (κ1) is 16.0. The Morgan fingerprint density at radius 3 is 2.86 bits per heavy atom. The second-order valence-corrected chi connectivity index (χ2v) is 6.14. The smallest absolute Gasteiger partial charge is 0.277 e. The third-order valence-corrected chi connectivity index (χ3v) is 3.94. The van der Waals surface area contributed by atoms with E-state index in [4.69, 9.17) is 4.74 Å². The summed E-state index contributed by atoms with van der Waals surface area (Å²) in [7, 11) is 0. The van der Waals surface area contributed by atoms with Gasteiger partial charge < -0.3 is 4.74 Å². The summed E-state index contributed by atoms with van der Waals surface area (Å²) >= 11 is 5.55. The highest BCUT2D eigenvalue weighted by Crippen LogP contribution is 2.17. The molecule has 0 saturated carbocycles. The average Bonchev–Trinajstić information content (AvgIpc) is 2.47. The molecular weight excluding hydrogens is 447 g/mol. The molecule has 1 amide bonds. The Morgan fingerprint density at radius 1 is 1.29 bits per heavy atom. The molecule has 2 aromatic rings. The fourth-order valence-electron chi connectivity index (χ4n) is 1.49. The molecule has 0 spiro atoms. The Bertz CT molecular complexity index is 662. The number of halogens is 2. The van der Waals surface area contributed by atoms with Crippen LogP contribution in [0.1, 0.15) is 5.56 Å². The summed E-state index contributed by atoms with van der Waals surface area (Å²) in [6.07, 6.45) is 1.61. The van der Waals surface area contributed by atoms with Crippen molar-refractivity contribution >= 4 is 50.6 Å². The first-order valence-electron chi connectivity index (χ1n) is 6.10. The van der Waals surface area contributed by atoms with Crippen molar-refractivity contribution < 1.29 is 9.53 Å². The van der Waals surface area contributed by atoms with Crippen LogP contribution in [0.5, 0.6) is 5.75 Å². The topological polar surface area (TPSA) is 50.7 Å². The maximum atomic E-state index is 11.6. The van der Waals surface area contributed by atoms with E-state index in [1.54, 1.807) is 18.3 Å². The van der Waals surface area contributed by atoms with Crippen molar-refractivity contribution in [2.45, 2.75) is 0 Å². The van der Waals surface area contributed by atoms with Gasteiger partial charge in [-0.2, -0.15) is 5.10 Å². The molecule has 4 nitrogen and oxygen atoms in total. The van der Waals surface area contributed by atoms with E-state index < -0.39 is 0 Å². The Morgan fingerprint density at radius 2 is 2.10 bits per heavy atom. The van der Waals surface area contributed by atoms with Crippen LogP contribution in [-0.4, -0.2) is 18.7 Å². The van der Waals surface area contributed by atoms with Gasteiger partial charge >= 0.3 is 0 Å². The van der Waals surface area contributed by atoms with Gasteiger partial charge in [0.2, 0.25) is 0 Å². The van der Waals surface area contributed by atoms with Crippen molar-refractivity contribution in [3.05, 3.63) is 62.1 Å². The van der Waals surface area contributed by atoms with Gasteiger partial charge in [-0.05, 0) is 46.9 Å². The zero-order valence-electron chi connectivity index (χ0n) is 10.9. The highest BCUT2D eigenvalue weighted by molar-refractivity contribution is 14.1. The lowest BCUT2D eigenvalue weighted by atomic mass is 10.2. The maximum absolute atomic E-state index is 11.6. The molecular formula is C15H12BrIN2O2. The average molecular weight is 459 g/mol. The van der Waals surface area contributed by atoms with Crippen LogP contribution < -0.4 is 10.2 Å². The molecule has 0 radical (unpaired) electrons. The van der Waals surface area contributed by atoms with Crippen molar-refractivity contribution in [1.82, 2.24) is 5.43 Å². The van der Waals surface area contributed by atoms with Gasteiger partial charge in [-0.1, -0.05) is 40.2 Å². The number of hydrazone groups is 1. The molecule has 0 heterocycles. The van der Waals surface area contributed by atoms with E-state index in [9.17, 15) is 4.79 Å². The highest BCUT2D eigenvalue weighted by atomic mass is 127. The molecule has 108 valence electrons. The first-order chi connectivity index (χ1) is 10.1. The number of benzene rings is 2. The Labute approximate surface area is 144 Å². The van der Waals surface area contributed by atoms with Gasteiger partial charge in [0.25, 0.3) is 5.91 Å². The second kappa shape index (κ2) is 8.14. The molecule has 0 aromatic heterocycles. The number of carbonyl (C=O) groups is 1. The van der Waals surface area contributed by atoms with Gasteiger partial charge in [-0.15, -0.1) is 0 Å². The van der Waals surface area contributed by atoms with E-state index >= 15 is 0 Å². The zero-order chi connectivity index (χ0) is 15.1. The molecule has 0 fully saturated rings. The summed E-state index contributed by atoms with van der Waals surface area (Å²) in [6, 6.07) is 15.1. The monoisotopic (exact) mass is 458 g/mol. The Kier molecular flexibility index (Phi) is 6.19. The van der Waals surface area contributed by atoms with Gasteiger partial charge in [-0.3, -0.25) is 4.79 Å². The number of amides is 1. The van der Waals surface area contributed by atoms with Crippen molar-refractivity contribution in [2.24, 2.45) is 5.10 Å². The van der Waals surface area contributed by atoms with Crippen LogP contribution >= 0.6 is 38.5 Å². The lowest BCUT2D eigenvalue weighted by molar-refractivity contribution is -0.123. The largest absolute Gasteiger partial charge is 0.484 e. The number of nitrogens with zero attached hydrogens (tertiary/aromatic N) is 1. The Balaban J connectivity index is 1.81. The summed E-state index contributed by atoms with van der Waals surface area (Å²) in [5.41, 5.74) is 3.38. The second-order valence-electron chi connectivity index (χ2n) is 4.06. The van der Waals surface area contributed by atoms with Gasteiger partial charge in [0, 0.05) is 13.6 Å². The van der Waals surface area contributed by atoms with E-state index in [0.717, 1.165) is 13.6 Å². The van der Waals surface area contributed by atoms with Crippen LogP contribution in [0, 0.1) is 3.57 Å². The predicted octanol–water partition coefficient (Wildman–Crippen LogP) is 3.58. The SMILES string of the molecule is O=C(COc1cccc(Br)c1)N/N=C/c1ccccc1I. The van der Waals surface area contributed by atoms with Crippen molar-refractivity contribution in [3.63, 3.8) is 0 Å². The van der Waals surface area contributed by atoms with Crippen LogP contribution in [0.25, 0.3) is 0 Å². The van der Waals surface area contributed by atoms with Gasteiger partial charge in [0.15, 0.2) is 6.61 Å². The lowest BCUT2D eigenvalue weighted by Crippen LogP contribution is -2.24. The van der Waals surface area contributed by atoms with Crippen LogP contribution in [0.2, 0.25) is 0 Å². The van der Waals surface area contributed by atoms with Crippen LogP contribution in [-0.2, 0) is 4.79 Å². The van der Waals surface area contributed by atoms with Crippen molar-refractivity contribution in [1.29, 1.82) is 0 Å². The summed E-state index contributed by atoms with van der Waals surface area (Å²) in [4.78, 5) is 11.6. The molecule has 0 aliphatic heterocycles. The minimum absolute atomic E-state index is 0.0837. The molecule has 0 atom stereocenters. The van der Waals surface area contributed by atoms with E-state index in [2.05, 4.69) is 49.0 Å². The molecule has 0 unspecified atom stereocenters. The Hall–Kier alpha value is -1.41. The number of hydrogen-bond acceptors (Lipinski definition) is 3. The summed E-state index contributed by atoms with van der Waals surface area (Å²) in [6.45, 7) is -0.0837. The number of hydrogen-bond donors (Lipinski definition) is 1. The van der Waals surface area contributed by atoms with Crippen molar-refractivity contribution in [3.8, 4) is 5.75 Å². The normalized spacial score (nSPS) is 10.6. The number of rotatable bonds is 5. The quantitative estimate of drug-likeness (QED) is 0.423. The molecule has 2 rings (SSSR count).